The quantitative estimate of drug-likeness (QED) is 0.752. The molecule has 0 aliphatic heterocycles. The number of carbonyl (C=O) groups is 1. The number of hydrogen-bond donors (Lipinski definition) is 1. The molecule has 1 heterocycles. The van der Waals surface area contributed by atoms with Crippen LogP contribution in [0.5, 0.6) is 5.75 Å². The van der Waals surface area contributed by atoms with Gasteiger partial charge in [0, 0.05) is 24.7 Å². The fourth-order valence-corrected chi connectivity index (χ4v) is 2.01. The van der Waals surface area contributed by atoms with E-state index in [-0.39, 0.29) is 12.6 Å². The maximum atomic E-state index is 12.4. The van der Waals surface area contributed by atoms with Crippen molar-refractivity contribution >= 4 is 11.7 Å². The van der Waals surface area contributed by atoms with Crippen molar-refractivity contribution in [2.45, 2.75) is 26.8 Å². The molecule has 2 amide bonds. The van der Waals surface area contributed by atoms with Crippen molar-refractivity contribution < 1.29 is 14.1 Å². The highest BCUT2D eigenvalue weighted by atomic mass is 16.5. The molecule has 0 aliphatic rings. The first-order valence-corrected chi connectivity index (χ1v) is 7.87. The van der Waals surface area contributed by atoms with Gasteiger partial charge in [-0.3, -0.25) is 0 Å². The van der Waals surface area contributed by atoms with E-state index in [4.69, 9.17) is 9.26 Å². The zero-order chi connectivity index (χ0) is 17.4. The predicted molar refractivity (Wildman–Crippen MR) is 90.9 cm³/mol. The van der Waals surface area contributed by atoms with Gasteiger partial charge in [0.1, 0.15) is 18.9 Å². The van der Waals surface area contributed by atoms with E-state index in [1.54, 1.807) is 23.1 Å². The molecule has 2 aromatic rings. The van der Waals surface area contributed by atoms with Gasteiger partial charge in [0.15, 0.2) is 5.82 Å². The molecule has 7 nitrogen and oxygen atoms in total. The van der Waals surface area contributed by atoms with Crippen molar-refractivity contribution in [3.63, 3.8) is 0 Å². The lowest BCUT2D eigenvalue weighted by Gasteiger charge is -2.19. The summed E-state index contributed by atoms with van der Waals surface area (Å²) in [4.78, 5) is 18.2. The van der Waals surface area contributed by atoms with Crippen molar-refractivity contribution in [2.24, 2.45) is 0 Å². The number of rotatable bonds is 8. The molecule has 0 unspecified atom stereocenters. The zero-order valence-electron chi connectivity index (χ0n) is 14.0. The number of aryl methyl sites for hydroxylation is 1. The van der Waals surface area contributed by atoms with Crippen LogP contribution in [0.15, 0.2) is 41.4 Å². The van der Waals surface area contributed by atoms with Gasteiger partial charge in [0.05, 0.1) is 0 Å². The van der Waals surface area contributed by atoms with Crippen LogP contribution in [0.2, 0.25) is 0 Å². The second-order valence-electron chi connectivity index (χ2n) is 5.03. The molecule has 24 heavy (non-hydrogen) atoms. The minimum absolute atomic E-state index is 0.241. The van der Waals surface area contributed by atoms with E-state index in [2.05, 4.69) is 22.0 Å². The summed E-state index contributed by atoms with van der Waals surface area (Å²) >= 11 is 0. The summed E-state index contributed by atoms with van der Waals surface area (Å²) in [5.41, 5.74) is 0.653. The Labute approximate surface area is 141 Å². The smallest absolute Gasteiger partial charge is 0.322 e. The molecule has 0 radical (unpaired) electrons. The Morgan fingerprint density at radius 1 is 1.46 bits per heavy atom. The number of urea groups is 1. The molecular weight excluding hydrogens is 308 g/mol. The summed E-state index contributed by atoms with van der Waals surface area (Å²) in [5.74, 6) is 1.72. The fraction of sp³-hybridized carbons (Fsp3) is 0.353. The standard InChI is InChI=1S/C17H22N4O3/c1-4-10-23-14-9-7-8-13(11-14)18-17(22)21(6-3)12-16-19-15(5-2)20-24-16/h4,7-9,11H,1,5-6,10,12H2,2-3H3,(H,18,22). The molecule has 0 fully saturated rings. The van der Waals surface area contributed by atoms with Gasteiger partial charge in [0.25, 0.3) is 0 Å². The van der Waals surface area contributed by atoms with Gasteiger partial charge >= 0.3 is 6.03 Å². The number of aromatic nitrogens is 2. The first-order valence-electron chi connectivity index (χ1n) is 7.87. The zero-order valence-corrected chi connectivity index (χ0v) is 14.0. The van der Waals surface area contributed by atoms with Gasteiger partial charge in [-0.05, 0) is 19.1 Å². The first-order chi connectivity index (χ1) is 11.7. The van der Waals surface area contributed by atoms with Crippen molar-refractivity contribution in [2.75, 3.05) is 18.5 Å². The second kappa shape index (κ2) is 8.71. The van der Waals surface area contributed by atoms with E-state index in [0.717, 1.165) is 0 Å². The van der Waals surface area contributed by atoms with E-state index in [9.17, 15) is 4.79 Å². The van der Waals surface area contributed by atoms with Crippen LogP contribution in [0.1, 0.15) is 25.6 Å². The Bertz CT molecular complexity index is 684. The van der Waals surface area contributed by atoms with E-state index in [1.165, 1.54) is 0 Å². The Morgan fingerprint density at radius 3 is 2.96 bits per heavy atom. The van der Waals surface area contributed by atoms with E-state index >= 15 is 0 Å². The molecule has 0 saturated carbocycles. The Morgan fingerprint density at radius 2 is 2.29 bits per heavy atom. The summed E-state index contributed by atoms with van der Waals surface area (Å²) in [6, 6.07) is 6.96. The molecule has 1 aromatic carbocycles. The van der Waals surface area contributed by atoms with Crippen LogP contribution in [0.4, 0.5) is 10.5 Å². The van der Waals surface area contributed by atoms with Crippen LogP contribution in [0.25, 0.3) is 0 Å². The molecule has 7 heteroatoms. The maximum absolute atomic E-state index is 12.4. The van der Waals surface area contributed by atoms with Gasteiger partial charge in [0.2, 0.25) is 5.89 Å². The number of ether oxygens (including phenoxy) is 1. The van der Waals surface area contributed by atoms with Gasteiger partial charge in [-0.15, -0.1) is 0 Å². The molecule has 0 spiro atoms. The van der Waals surface area contributed by atoms with E-state index in [0.29, 0.717) is 42.7 Å². The topological polar surface area (TPSA) is 80.5 Å². The van der Waals surface area contributed by atoms with Crippen LogP contribution in [-0.2, 0) is 13.0 Å². The molecule has 128 valence electrons. The third-order valence-corrected chi connectivity index (χ3v) is 3.27. The van der Waals surface area contributed by atoms with Crippen LogP contribution in [0, 0.1) is 0 Å². The second-order valence-corrected chi connectivity index (χ2v) is 5.03. The Balaban J connectivity index is 1.99. The molecule has 1 N–H and O–H groups in total. The van der Waals surface area contributed by atoms with Crippen LogP contribution >= 0.6 is 0 Å². The lowest BCUT2D eigenvalue weighted by Crippen LogP contribution is -2.34. The third-order valence-electron chi connectivity index (χ3n) is 3.27. The number of benzene rings is 1. The number of nitrogens with one attached hydrogen (secondary N) is 1. The molecule has 0 atom stereocenters. The minimum atomic E-state index is -0.241. The Kier molecular flexibility index (Phi) is 6.36. The third kappa shape index (κ3) is 4.84. The van der Waals surface area contributed by atoms with Gasteiger partial charge in [-0.2, -0.15) is 4.98 Å². The highest BCUT2D eigenvalue weighted by Gasteiger charge is 2.16. The number of hydrogen-bond acceptors (Lipinski definition) is 5. The fourth-order valence-electron chi connectivity index (χ4n) is 2.01. The molecule has 1 aromatic heterocycles. The summed E-state index contributed by atoms with van der Waals surface area (Å²) < 4.78 is 10.6. The van der Waals surface area contributed by atoms with Gasteiger partial charge in [-0.1, -0.05) is 30.8 Å². The van der Waals surface area contributed by atoms with Crippen LogP contribution in [0.3, 0.4) is 0 Å². The number of carbonyl (C=O) groups excluding carboxylic acids is 1. The van der Waals surface area contributed by atoms with Crippen molar-refractivity contribution in [1.29, 1.82) is 0 Å². The average Bonchev–Trinajstić information content (AvgIpc) is 3.05. The minimum Gasteiger partial charge on any atom is -0.489 e. The van der Waals surface area contributed by atoms with E-state index in [1.807, 2.05) is 26.0 Å². The van der Waals surface area contributed by atoms with Crippen molar-refractivity contribution in [3.8, 4) is 5.75 Å². The molecule has 0 saturated heterocycles. The Hall–Kier alpha value is -2.83. The van der Waals surface area contributed by atoms with Gasteiger partial charge < -0.3 is 19.5 Å². The lowest BCUT2D eigenvalue weighted by molar-refractivity contribution is 0.203. The summed E-state index contributed by atoms with van der Waals surface area (Å²) in [6.07, 6.45) is 2.36. The number of anilines is 1. The molecule has 2 rings (SSSR count). The normalized spacial score (nSPS) is 10.2. The van der Waals surface area contributed by atoms with E-state index < -0.39 is 0 Å². The van der Waals surface area contributed by atoms with Crippen molar-refractivity contribution in [3.05, 3.63) is 48.6 Å². The first kappa shape index (κ1) is 17.5. The average molecular weight is 330 g/mol. The monoisotopic (exact) mass is 330 g/mol. The molecule has 0 aliphatic carbocycles. The number of amides is 2. The number of nitrogens with zero attached hydrogens (tertiary/aromatic N) is 3. The van der Waals surface area contributed by atoms with Crippen LogP contribution < -0.4 is 10.1 Å². The van der Waals surface area contributed by atoms with Crippen LogP contribution in [-0.4, -0.2) is 34.2 Å². The maximum Gasteiger partial charge on any atom is 0.322 e. The predicted octanol–water partition coefficient (Wildman–Crippen LogP) is 3.25. The van der Waals surface area contributed by atoms with Crippen molar-refractivity contribution in [1.82, 2.24) is 15.0 Å². The SMILES string of the molecule is C=CCOc1cccc(NC(=O)N(CC)Cc2nc(CC)no2)c1. The lowest BCUT2D eigenvalue weighted by atomic mass is 10.3. The molecule has 0 bridgehead atoms. The summed E-state index contributed by atoms with van der Waals surface area (Å²) in [7, 11) is 0. The summed E-state index contributed by atoms with van der Waals surface area (Å²) in [6.45, 7) is 8.64. The summed E-state index contributed by atoms with van der Waals surface area (Å²) in [5, 5.41) is 6.68. The highest BCUT2D eigenvalue weighted by molar-refractivity contribution is 5.89. The van der Waals surface area contributed by atoms with Gasteiger partial charge in [-0.25, -0.2) is 4.79 Å². The largest absolute Gasteiger partial charge is 0.489 e. The molecular formula is C17H22N4O3. The highest BCUT2D eigenvalue weighted by Crippen LogP contribution is 2.18.